The maximum Gasteiger partial charge on any atom is 0.321 e. The molecule has 0 radical (unpaired) electrons. The Balaban J connectivity index is 1.41. The van der Waals surface area contributed by atoms with Crippen molar-refractivity contribution in [1.29, 1.82) is 0 Å². The van der Waals surface area contributed by atoms with E-state index in [0.717, 1.165) is 80.2 Å². The molecule has 0 unspecified atom stereocenters. The first-order valence-corrected chi connectivity index (χ1v) is 13.3. The Morgan fingerprint density at radius 1 is 1.14 bits per heavy atom. The summed E-state index contributed by atoms with van der Waals surface area (Å²) < 4.78 is 5.54. The summed E-state index contributed by atoms with van der Waals surface area (Å²) in [5, 5.41) is 16.5. The Kier molecular flexibility index (Phi) is 7.57. The number of rotatable bonds is 6. The van der Waals surface area contributed by atoms with Gasteiger partial charge in [-0.25, -0.2) is 9.78 Å². The van der Waals surface area contributed by atoms with Gasteiger partial charge in [-0.05, 0) is 56.2 Å². The summed E-state index contributed by atoms with van der Waals surface area (Å²) in [5.41, 5.74) is 3.62. The number of aliphatic hydroxyl groups excluding tert-OH is 1. The van der Waals surface area contributed by atoms with Gasteiger partial charge in [-0.2, -0.15) is 4.98 Å². The zero-order valence-electron chi connectivity index (χ0n) is 21.4. The molecule has 3 N–H and O–H groups in total. The summed E-state index contributed by atoms with van der Waals surface area (Å²) >= 11 is 0. The number of morpholine rings is 1. The van der Waals surface area contributed by atoms with Crippen LogP contribution >= 0.6 is 0 Å². The fraction of sp³-hybridized carbons (Fsp3) is 0.593. The molecule has 1 saturated carbocycles. The van der Waals surface area contributed by atoms with Crippen LogP contribution in [0.5, 0.6) is 0 Å². The van der Waals surface area contributed by atoms with Gasteiger partial charge in [-0.15, -0.1) is 0 Å². The smallest absolute Gasteiger partial charge is 0.321 e. The summed E-state index contributed by atoms with van der Waals surface area (Å²) in [6.45, 7) is 8.78. The number of anilines is 3. The van der Waals surface area contributed by atoms with E-state index in [1.165, 1.54) is 0 Å². The number of urea groups is 1. The number of benzene rings is 1. The second-order valence-electron chi connectivity index (χ2n) is 10.3. The number of hydrogen-bond donors (Lipinski definition) is 3. The molecule has 2 amide bonds. The van der Waals surface area contributed by atoms with Crippen LogP contribution in [-0.4, -0.2) is 77.5 Å². The van der Waals surface area contributed by atoms with Gasteiger partial charge in [0.2, 0.25) is 5.95 Å². The van der Waals surface area contributed by atoms with E-state index in [-0.39, 0.29) is 18.2 Å². The van der Waals surface area contributed by atoms with Crippen LogP contribution in [0.15, 0.2) is 24.3 Å². The molecule has 2 aromatic rings. The van der Waals surface area contributed by atoms with Crippen molar-refractivity contribution in [2.45, 2.75) is 58.1 Å². The van der Waals surface area contributed by atoms with Crippen LogP contribution in [0.2, 0.25) is 0 Å². The quantitative estimate of drug-likeness (QED) is 0.560. The zero-order valence-corrected chi connectivity index (χ0v) is 21.4. The second kappa shape index (κ2) is 11.0. The minimum absolute atomic E-state index is 0.0420. The number of ether oxygens (including phenoxy) is 1. The molecule has 9 heteroatoms. The third kappa shape index (κ3) is 5.73. The third-order valence-electron chi connectivity index (χ3n) is 7.70. The monoisotopic (exact) mass is 494 g/mol. The Bertz CT molecular complexity index is 1070. The van der Waals surface area contributed by atoms with Crippen LogP contribution in [0.3, 0.4) is 0 Å². The SMILES string of the molecule is CC[C@@H]1CCN(C(=O)Nc2ccc(C)c(-c3cc(N4CCOCC4)nc(N[C@H]4CC[C@@H](O)C4)n3)c2)C1. The molecule has 1 aromatic heterocycles. The van der Waals surface area contributed by atoms with E-state index in [1.807, 2.05) is 29.2 Å². The number of nitrogens with one attached hydrogen (secondary N) is 2. The van der Waals surface area contributed by atoms with Crippen LogP contribution in [0.1, 0.15) is 44.6 Å². The van der Waals surface area contributed by atoms with Crippen LogP contribution in [-0.2, 0) is 4.74 Å². The molecular formula is C27H38N6O3. The lowest BCUT2D eigenvalue weighted by atomic mass is 10.0. The molecule has 36 heavy (non-hydrogen) atoms. The molecule has 1 aliphatic carbocycles. The van der Waals surface area contributed by atoms with Crippen molar-refractivity contribution in [2.24, 2.45) is 5.92 Å². The highest BCUT2D eigenvalue weighted by atomic mass is 16.5. The number of aryl methyl sites for hydroxylation is 1. The van der Waals surface area contributed by atoms with E-state index in [1.54, 1.807) is 0 Å². The largest absolute Gasteiger partial charge is 0.393 e. The maximum absolute atomic E-state index is 12.9. The van der Waals surface area contributed by atoms with E-state index in [0.29, 0.717) is 31.5 Å². The van der Waals surface area contributed by atoms with Gasteiger partial charge < -0.3 is 30.3 Å². The van der Waals surface area contributed by atoms with Crippen molar-refractivity contribution in [3.63, 3.8) is 0 Å². The average Bonchev–Trinajstić information content (AvgIpc) is 3.54. The number of aromatic nitrogens is 2. The van der Waals surface area contributed by atoms with Gasteiger partial charge in [0.1, 0.15) is 5.82 Å². The van der Waals surface area contributed by atoms with Gasteiger partial charge in [-0.3, -0.25) is 0 Å². The number of nitrogens with zero attached hydrogens (tertiary/aromatic N) is 4. The minimum Gasteiger partial charge on any atom is -0.393 e. The van der Waals surface area contributed by atoms with Crippen molar-refractivity contribution in [1.82, 2.24) is 14.9 Å². The zero-order chi connectivity index (χ0) is 25.1. The Labute approximate surface area is 213 Å². The summed E-state index contributed by atoms with van der Waals surface area (Å²) in [4.78, 5) is 26.7. The van der Waals surface area contributed by atoms with Crippen molar-refractivity contribution in [3.05, 3.63) is 29.8 Å². The molecule has 2 saturated heterocycles. The van der Waals surface area contributed by atoms with Crippen molar-refractivity contribution in [2.75, 3.05) is 54.9 Å². The lowest BCUT2D eigenvalue weighted by Gasteiger charge is -2.28. The fourth-order valence-electron chi connectivity index (χ4n) is 5.39. The summed E-state index contributed by atoms with van der Waals surface area (Å²) in [6.07, 6.45) is 4.31. The molecule has 0 bridgehead atoms. The fourth-order valence-corrected chi connectivity index (χ4v) is 5.39. The van der Waals surface area contributed by atoms with Crippen LogP contribution in [0.4, 0.5) is 22.2 Å². The maximum atomic E-state index is 12.9. The molecule has 3 fully saturated rings. The second-order valence-corrected chi connectivity index (χ2v) is 10.3. The van der Waals surface area contributed by atoms with E-state index in [2.05, 4.69) is 29.4 Å². The Morgan fingerprint density at radius 3 is 2.69 bits per heavy atom. The molecule has 5 rings (SSSR count). The van der Waals surface area contributed by atoms with E-state index >= 15 is 0 Å². The average molecular weight is 495 g/mol. The summed E-state index contributed by atoms with van der Waals surface area (Å²) in [7, 11) is 0. The van der Waals surface area contributed by atoms with Crippen molar-refractivity contribution < 1.29 is 14.6 Å². The molecule has 0 spiro atoms. The van der Waals surface area contributed by atoms with Crippen molar-refractivity contribution >= 4 is 23.5 Å². The number of aliphatic hydroxyl groups is 1. The van der Waals surface area contributed by atoms with Crippen molar-refractivity contribution in [3.8, 4) is 11.3 Å². The van der Waals surface area contributed by atoms with Gasteiger partial charge in [0, 0.05) is 49.5 Å². The van der Waals surface area contributed by atoms with Gasteiger partial charge >= 0.3 is 6.03 Å². The highest BCUT2D eigenvalue weighted by Gasteiger charge is 2.26. The molecule has 9 nitrogen and oxygen atoms in total. The number of likely N-dealkylation sites (tertiary alicyclic amines) is 1. The topological polar surface area (TPSA) is 103 Å². The molecular weight excluding hydrogens is 456 g/mol. The predicted molar refractivity (Wildman–Crippen MR) is 141 cm³/mol. The predicted octanol–water partition coefficient (Wildman–Crippen LogP) is 3.88. The van der Waals surface area contributed by atoms with Gasteiger partial charge in [0.05, 0.1) is 25.0 Å². The molecule has 3 heterocycles. The Morgan fingerprint density at radius 2 is 1.97 bits per heavy atom. The van der Waals surface area contributed by atoms with E-state index in [4.69, 9.17) is 14.7 Å². The lowest BCUT2D eigenvalue weighted by molar-refractivity contribution is 0.122. The van der Waals surface area contributed by atoms with Gasteiger partial charge in [0.15, 0.2) is 0 Å². The molecule has 3 atom stereocenters. The number of carbonyl (C=O) groups is 1. The van der Waals surface area contributed by atoms with E-state index in [9.17, 15) is 9.90 Å². The summed E-state index contributed by atoms with van der Waals surface area (Å²) in [6, 6.07) is 8.13. The first-order valence-electron chi connectivity index (χ1n) is 13.3. The third-order valence-corrected chi connectivity index (χ3v) is 7.70. The molecule has 1 aromatic carbocycles. The van der Waals surface area contributed by atoms with Crippen LogP contribution in [0.25, 0.3) is 11.3 Å². The van der Waals surface area contributed by atoms with Crippen LogP contribution < -0.4 is 15.5 Å². The van der Waals surface area contributed by atoms with Crippen LogP contribution in [0, 0.1) is 12.8 Å². The minimum atomic E-state index is -0.268. The molecule has 2 aliphatic heterocycles. The molecule has 194 valence electrons. The first kappa shape index (κ1) is 24.8. The molecule has 3 aliphatic rings. The standard InChI is InChI=1S/C27H38N6O3/c1-3-19-8-9-33(17-19)27(35)29-21-5-4-18(2)23(15-21)24-16-25(32-10-12-36-13-11-32)31-26(30-24)28-20-6-7-22(34)14-20/h4-5,15-16,19-20,22,34H,3,6-14,17H2,1-2H3,(H,29,35)(H,28,30,31)/t19-,20+,22-/m1/s1. The highest BCUT2D eigenvalue weighted by Crippen LogP contribution is 2.31. The highest BCUT2D eigenvalue weighted by molar-refractivity contribution is 5.90. The normalized spacial score (nSPS) is 24.2. The number of hydrogen-bond acceptors (Lipinski definition) is 7. The lowest BCUT2D eigenvalue weighted by Crippen LogP contribution is -2.37. The van der Waals surface area contributed by atoms with E-state index < -0.39 is 0 Å². The number of carbonyl (C=O) groups excluding carboxylic acids is 1. The van der Waals surface area contributed by atoms with Gasteiger partial charge in [0.25, 0.3) is 0 Å². The first-order chi connectivity index (χ1) is 17.5. The Hall–Kier alpha value is -2.91. The van der Waals surface area contributed by atoms with Gasteiger partial charge in [-0.1, -0.05) is 19.4 Å². The number of amides is 2. The summed E-state index contributed by atoms with van der Waals surface area (Å²) in [5.74, 6) is 2.03.